The summed E-state index contributed by atoms with van der Waals surface area (Å²) < 4.78 is 28.4. The number of aromatic nitrogens is 4. The van der Waals surface area contributed by atoms with Crippen LogP contribution in [0.3, 0.4) is 0 Å². The predicted molar refractivity (Wildman–Crippen MR) is 108 cm³/mol. The number of phenols is 1. The molecule has 0 unspecified atom stereocenters. The van der Waals surface area contributed by atoms with Gasteiger partial charge in [-0.05, 0) is 41.5 Å². The highest BCUT2D eigenvalue weighted by molar-refractivity contribution is 5.67. The van der Waals surface area contributed by atoms with E-state index in [1.165, 1.54) is 19.2 Å². The lowest BCUT2D eigenvalue weighted by molar-refractivity contribution is 0.0850. The molecule has 0 fully saturated rings. The Morgan fingerprint density at radius 3 is 2.83 bits per heavy atom. The van der Waals surface area contributed by atoms with Gasteiger partial charge in [0, 0.05) is 24.0 Å². The number of ether oxygens (including phenoxy) is 2. The summed E-state index contributed by atoms with van der Waals surface area (Å²) in [5.41, 5.74) is 5.09. The van der Waals surface area contributed by atoms with E-state index in [2.05, 4.69) is 27.1 Å². The van der Waals surface area contributed by atoms with Gasteiger partial charge in [0.25, 0.3) is 0 Å². The number of rotatable bonds is 4. The molecule has 2 aromatic heterocycles. The quantitative estimate of drug-likeness (QED) is 0.558. The summed E-state index contributed by atoms with van der Waals surface area (Å²) in [6.45, 7) is 2.21. The zero-order valence-corrected chi connectivity index (χ0v) is 16.2. The first-order chi connectivity index (χ1) is 14.6. The first-order valence-corrected chi connectivity index (χ1v) is 9.49. The first kappa shape index (κ1) is 18.4. The molecule has 8 heteroatoms. The molecule has 3 heterocycles. The van der Waals surface area contributed by atoms with Crippen LogP contribution in [0.15, 0.2) is 54.9 Å². The number of benzene rings is 2. The van der Waals surface area contributed by atoms with Crippen LogP contribution in [0.1, 0.15) is 5.69 Å². The third kappa shape index (κ3) is 3.21. The van der Waals surface area contributed by atoms with Crippen LogP contribution >= 0.6 is 0 Å². The molecule has 0 bridgehead atoms. The summed E-state index contributed by atoms with van der Waals surface area (Å²) in [6.07, 6.45) is 3.85. The third-order valence-corrected chi connectivity index (χ3v) is 5.19. The van der Waals surface area contributed by atoms with Gasteiger partial charge in [0.1, 0.15) is 5.69 Å². The maximum absolute atomic E-state index is 14.0. The highest BCUT2D eigenvalue weighted by Gasteiger charge is 2.15. The molecule has 152 valence electrons. The van der Waals surface area contributed by atoms with Gasteiger partial charge < -0.3 is 19.1 Å². The number of halogens is 1. The van der Waals surface area contributed by atoms with Gasteiger partial charge in [-0.15, -0.1) is 5.10 Å². The average Bonchev–Trinajstić information content (AvgIpc) is 3.43. The van der Waals surface area contributed by atoms with Crippen molar-refractivity contribution in [1.82, 2.24) is 19.6 Å². The average molecular weight is 406 g/mol. The van der Waals surface area contributed by atoms with Gasteiger partial charge >= 0.3 is 0 Å². The molecule has 0 radical (unpaired) electrons. The minimum atomic E-state index is -0.775. The largest absolute Gasteiger partial charge is 0.502 e. The van der Waals surface area contributed by atoms with Crippen molar-refractivity contribution in [3.8, 4) is 39.6 Å². The van der Waals surface area contributed by atoms with Crippen molar-refractivity contribution in [1.29, 1.82) is 0 Å². The summed E-state index contributed by atoms with van der Waals surface area (Å²) in [5.74, 6) is -1.26. The Balaban J connectivity index is 1.48. The monoisotopic (exact) mass is 406 g/mol. The van der Waals surface area contributed by atoms with E-state index in [1.807, 2.05) is 24.3 Å². The molecule has 2 aromatic carbocycles. The molecule has 0 aliphatic carbocycles. The lowest BCUT2D eigenvalue weighted by Crippen LogP contribution is -2.14. The zero-order valence-electron chi connectivity index (χ0n) is 16.2. The molecule has 0 atom stereocenters. The van der Waals surface area contributed by atoms with Crippen molar-refractivity contribution in [2.45, 2.75) is 13.2 Å². The minimum Gasteiger partial charge on any atom is -0.502 e. The summed E-state index contributed by atoms with van der Waals surface area (Å²) in [7, 11) is 1.37. The van der Waals surface area contributed by atoms with Crippen molar-refractivity contribution in [2.24, 2.45) is 0 Å². The number of nitrogens with zero attached hydrogens (tertiary/aromatic N) is 4. The minimum absolute atomic E-state index is 0.0446. The van der Waals surface area contributed by atoms with Gasteiger partial charge in [0.05, 0.1) is 32.2 Å². The van der Waals surface area contributed by atoms with Crippen molar-refractivity contribution in [3.05, 3.63) is 66.4 Å². The van der Waals surface area contributed by atoms with Gasteiger partial charge in [0.2, 0.25) is 0 Å². The lowest BCUT2D eigenvalue weighted by Gasteiger charge is -2.14. The van der Waals surface area contributed by atoms with Gasteiger partial charge in [-0.25, -0.2) is 9.07 Å². The van der Waals surface area contributed by atoms with Crippen molar-refractivity contribution >= 4 is 0 Å². The van der Waals surface area contributed by atoms with Crippen LogP contribution in [0.5, 0.6) is 11.5 Å². The van der Waals surface area contributed by atoms with Gasteiger partial charge in [0.15, 0.2) is 17.3 Å². The van der Waals surface area contributed by atoms with Crippen LogP contribution in [0.25, 0.3) is 28.1 Å². The Bertz CT molecular complexity index is 1210. The molecule has 5 rings (SSSR count). The Morgan fingerprint density at radius 1 is 1.10 bits per heavy atom. The Morgan fingerprint density at radius 2 is 2.00 bits per heavy atom. The van der Waals surface area contributed by atoms with E-state index < -0.39 is 11.6 Å². The lowest BCUT2D eigenvalue weighted by atomic mass is 10.1. The molecule has 4 aromatic rings. The van der Waals surface area contributed by atoms with Crippen LogP contribution in [-0.4, -0.2) is 38.4 Å². The molecular formula is C22H19FN4O3. The zero-order chi connectivity index (χ0) is 20.7. The number of hydrogen-bond acceptors (Lipinski definition) is 5. The fourth-order valence-electron chi connectivity index (χ4n) is 3.61. The van der Waals surface area contributed by atoms with Crippen LogP contribution in [0, 0.1) is 5.82 Å². The van der Waals surface area contributed by atoms with Crippen LogP contribution in [0.4, 0.5) is 4.39 Å². The van der Waals surface area contributed by atoms with E-state index in [4.69, 9.17) is 9.47 Å². The van der Waals surface area contributed by atoms with E-state index >= 15 is 0 Å². The standard InChI is InChI=1S/C22H19FN4O3/c1-29-21-10-15(9-19(23)22(21)28)20-12-27(25-24-20)17-4-2-3-14(7-17)16-8-18-13-30-6-5-26(18)11-16/h2-4,7-12,28H,5-6,13H2,1H3. The Labute approximate surface area is 171 Å². The molecule has 1 aliphatic heterocycles. The fraction of sp³-hybridized carbons (Fsp3) is 0.182. The highest BCUT2D eigenvalue weighted by Crippen LogP contribution is 2.34. The number of aromatic hydroxyl groups is 1. The number of fused-ring (bicyclic) bond motifs is 1. The molecular weight excluding hydrogens is 387 g/mol. The van der Waals surface area contributed by atoms with E-state index in [1.54, 1.807) is 10.9 Å². The predicted octanol–water partition coefficient (Wildman–Crippen LogP) is 3.79. The van der Waals surface area contributed by atoms with E-state index in [0.717, 1.165) is 35.7 Å². The normalized spacial score (nSPS) is 13.3. The van der Waals surface area contributed by atoms with Gasteiger partial charge in [-0.2, -0.15) is 0 Å². The molecule has 7 nitrogen and oxygen atoms in total. The third-order valence-electron chi connectivity index (χ3n) is 5.19. The first-order valence-electron chi connectivity index (χ1n) is 9.49. The van der Waals surface area contributed by atoms with Crippen LogP contribution in [0.2, 0.25) is 0 Å². The highest BCUT2D eigenvalue weighted by atomic mass is 19.1. The SMILES string of the molecule is COc1cc(-c2cn(-c3cccc(-c4cc5n(c4)CCOC5)c3)nn2)cc(F)c1O. The second-order valence-corrected chi connectivity index (χ2v) is 7.07. The second-order valence-electron chi connectivity index (χ2n) is 7.07. The smallest absolute Gasteiger partial charge is 0.194 e. The van der Waals surface area contributed by atoms with Crippen LogP contribution < -0.4 is 4.74 Å². The molecule has 1 N–H and O–H groups in total. The summed E-state index contributed by atoms with van der Waals surface area (Å²) >= 11 is 0. The molecule has 0 amide bonds. The molecule has 1 aliphatic rings. The number of hydrogen-bond donors (Lipinski definition) is 1. The second kappa shape index (κ2) is 7.31. The fourth-order valence-corrected chi connectivity index (χ4v) is 3.61. The van der Waals surface area contributed by atoms with E-state index in [9.17, 15) is 9.50 Å². The van der Waals surface area contributed by atoms with E-state index in [0.29, 0.717) is 17.9 Å². The van der Waals surface area contributed by atoms with Gasteiger partial charge in [-0.1, -0.05) is 17.3 Å². The van der Waals surface area contributed by atoms with Crippen LogP contribution in [-0.2, 0) is 17.9 Å². The molecule has 0 saturated heterocycles. The molecule has 0 saturated carbocycles. The Hall–Kier alpha value is -3.65. The maximum Gasteiger partial charge on any atom is 0.194 e. The maximum atomic E-state index is 14.0. The van der Waals surface area contributed by atoms with E-state index in [-0.39, 0.29) is 5.75 Å². The number of phenolic OH excluding ortho intramolecular Hbond substituents is 1. The summed E-state index contributed by atoms with van der Waals surface area (Å²) in [4.78, 5) is 0. The summed E-state index contributed by atoms with van der Waals surface area (Å²) in [6, 6.07) is 12.8. The topological polar surface area (TPSA) is 74.3 Å². The van der Waals surface area contributed by atoms with Crippen molar-refractivity contribution in [3.63, 3.8) is 0 Å². The number of methoxy groups -OCH3 is 1. The van der Waals surface area contributed by atoms with Gasteiger partial charge in [-0.3, -0.25) is 0 Å². The van der Waals surface area contributed by atoms with Crippen molar-refractivity contribution in [2.75, 3.05) is 13.7 Å². The van der Waals surface area contributed by atoms with Crippen molar-refractivity contribution < 1.29 is 19.0 Å². The summed E-state index contributed by atoms with van der Waals surface area (Å²) in [5, 5.41) is 18.0. The molecule has 0 spiro atoms. The molecule has 30 heavy (non-hydrogen) atoms. The Kier molecular flexibility index (Phi) is 4.48.